The van der Waals surface area contributed by atoms with Crippen LogP contribution < -0.4 is 0 Å². The molecule has 0 aromatic carbocycles. The van der Waals surface area contributed by atoms with Crippen LogP contribution in [-0.4, -0.2) is 12.4 Å². The van der Waals surface area contributed by atoms with Crippen LogP contribution in [0.2, 0.25) is 0 Å². The lowest BCUT2D eigenvalue weighted by atomic mass is 9.73. The Balaban J connectivity index is 3.17. The molecule has 15 heavy (non-hydrogen) atoms. The SMILES string of the molecule is CC1(C(F)(F)F)C=CC=CC1C(F)(F)F. The van der Waals surface area contributed by atoms with Crippen LogP contribution in [0, 0.1) is 11.3 Å². The molecule has 86 valence electrons. The summed E-state index contributed by atoms with van der Waals surface area (Å²) in [6, 6.07) is 0. The van der Waals surface area contributed by atoms with Crippen molar-refractivity contribution in [2.45, 2.75) is 19.3 Å². The molecule has 0 radical (unpaired) electrons. The lowest BCUT2D eigenvalue weighted by Gasteiger charge is -2.37. The third-order valence-electron chi connectivity index (χ3n) is 2.47. The number of hydrogen-bond donors (Lipinski definition) is 0. The molecule has 0 fully saturated rings. The van der Waals surface area contributed by atoms with Crippen molar-refractivity contribution in [3.63, 3.8) is 0 Å². The first-order valence-electron chi connectivity index (χ1n) is 4.08. The van der Waals surface area contributed by atoms with Crippen LogP contribution in [0.1, 0.15) is 6.92 Å². The third-order valence-corrected chi connectivity index (χ3v) is 2.47. The fourth-order valence-electron chi connectivity index (χ4n) is 1.45. The predicted molar refractivity (Wildman–Crippen MR) is 42.0 cm³/mol. The Bertz CT molecular complexity index is 295. The maximum absolute atomic E-state index is 12.5. The lowest BCUT2D eigenvalue weighted by molar-refractivity contribution is -0.266. The second-order valence-electron chi connectivity index (χ2n) is 3.54. The van der Waals surface area contributed by atoms with E-state index in [1.165, 1.54) is 0 Å². The average molecular weight is 230 g/mol. The molecule has 0 saturated carbocycles. The topological polar surface area (TPSA) is 0 Å². The van der Waals surface area contributed by atoms with Gasteiger partial charge in [0.05, 0.1) is 11.3 Å². The van der Waals surface area contributed by atoms with E-state index in [1.54, 1.807) is 0 Å². The molecule has 0 bridgehead atoms. The van der Waals surface area contributed by atoms with E-state index in [0.717, 1.165) is 12.2 Å². The number of alkyl halides is 6. The Morgan fingerprint density at radius 1 is 1.00 bits per heavy atom. The summed E-state index contributed by atoms with van der Waals surface area (Å²) in [6.45, 7) is 0.547. The highest BCUT2D eigenvalue weighted by Gasteiger charge is 2.61. The van der Waals surface area contributed by atoms with Gasteiger partial charge in [0.25, 0.3) is 0 Å². The van der Waals surface area contributed by atoms with Crippen LogP contribution in [-0.2, 0) is 0 Å². The number of halogens is 6. The molecule has 6 heteroatoms. The Hall–Kier alpha value is -0.940. The van der Waals surface area contributed by atoms with E-state index in [1.807, 2.05) is 0 Å². The smallest absolute Gasteiger partial charge is 0.170 e. The highest BCUT2D eigenvalue weighted by atomic mass is 19.4. The normalized spacial score (nSPS) is 32.1. The molecule has 0 N–H and O–H groups in total. The maximum Gasteiger partial charge on any atom is 0.398 e. The average Bonchev–Trinajstić information content (AvgIpc) is 2.00. The van der Waals surface area contributed by atoms with Crippen molar-refractivity contribution in [2.75, 3.05) is 0 Å². The summed E-state index contributed by atoms with van der Waals surface area (Å²) in [5.41, 5.74) is -2.88. The summed E-state index contributed by atoms with van der Waals surface area (Å²) in [7, 11) is 0. The highest BCUT2D eigenvalue weighted by molar-refractivity contribution is 5.22. The van der Waals surface area contributed by atoms with E-state index < -0.39 is 23.7 Å². The van der Waals surface area contributed by atoms with Crippen LogP contribution in [0.5, 0.6) is 0 Å². The lowest BCUT2D eigenvalue weighted by Crippen LogP contribution is -2.46. The van der Waals surface area contributed by atoms with Crippen molar-refractivity contribution in [3.8, 4) is 0 Å². The first-order chi connectivity index (χ1) is 6.59. The summed E-state index contributed by atoms with van der Waals surface area (Å²) in [5.74, 6) is -2.52. The second kappa shape index (κ2) is 3.28. The molecule has 1 aliphatic carbocycles. The molecule has 0 amide bonds. The number of rotatable bonds is 0. The van der Waals surface area contributed by atoms with Gasteiger partial charge in [0.2, 0.25) is 0 Å². The molecule has 0 spiro atoms. The van der Waals surface area contributed by atoms with E-state index >= 15 is 0 Å². The van der Waals surface area contributed by atoms with Crippen LogP contribution >= 0.6 is 0 Å². The number of allylic oxidation sites excluding steroid dienone is 4. The van der Waals surface area contributed by atoms with Gasteiger partial charge in [-0.15, -0.1) is 0 Å². The van der Waals surface area contributed by atoms with Gasteiger partial charge in [-0.05, 0) is 6.92 Å². The minimum Gasteiger partial charge on any atom is -0.170 e. The third kappa shape index (κ3) is 2.03. The Labute approximate surface area is 82.3 Å². The molecular weight excluding hydrogens is 222 g/mol. The van der Waals surface area contributed by atoms with Crippen LogP contribution in [0.15, 0.2) is 24.3 Å². The van der Waals surface area contributed by atoms with Crippen molar-refractivity contribution in [3.05, 3.63) is 24.3 Å². The largest absolute Gasteiger partial charge is 0.398 e. The zero-order chi connectivity index (χ0) is 11.9. The van der Waals surface area contributed by atoms with Crippen molar-refractivity contribution >= 4 is 0 Å². The monoisotopic (exact) mass is 230 g/mol. The van der Waals surface area contributed by atoms with Crippen LogP contribution in [0.25, 0.3) is 0 Å². The second-order valence-corrected chi connectivity index (χ2v) is 3.54. The fourth-order valence-corrected chi connectivity index (χ4v) is 1.45. The zero-order valence-corrected chi connectivity index (χ0v) is 7.65. The van der Waals surface area contributed by atoms with Crippen LogP contribution in [0.3, 0.4) is 0 Å². The van der Waals surface area contributed by atoms with Crippen molar-refractivity contribution in [1.82, 2.24) is 0 Å². The quantitative estimate of drug-likeness (QED) is 0.554. The van der Waals surface area contributed by atoms with Gasteiger partial charge in [-0.1, -0.05) is 24.3 Å². The minimum absolute atomic E-state index is 0.535. The number of hydrogen-bond acceptors (Lipinski definition) is 0. The molecule has 0 aliphatic heterocycles. The van der Waals surface area contributed by atoms with E-state index in [-0.39, 0.29) is 0 Å². The standard InChI is InChI=1S/C9H8F6/c1-7(9(13,14)15)5-3-2-4-6(7)8(10,11)12/h2-6H,1H3. The summed E-state index contributed by atoms with van der Waals surface area (Å²) in [6.07, 6.45) is -6.78. The van der Waals surface area contributed by atoms with Crippen molar-refractivity contribution in [1.29, 1.82) is 0 Å². The van der Waals surface area contributed by atoms with Gasteiger partial charge in [-0.2, -0.15) is 26.3 Å². The molecule has 0 aromatic rings. The van der Waals surface area contributed by atoms with Gasteiger partial charge in [-0.25, -0.2) is 0 Å². The maximum atomic E-state index is 12.5. The van der Waals surface area contributed by atoms with Gasteiger partial charge >= 0.3 is 12.4 Å². The molecule has 1 aliphatic rings. The first-order valence-corrected chi connectivity index (χ1v) is 4.08. The summed E-state index contributed by atoms with van der Waals surface area (Å²) in [4.78, 5) is 0. The summed E-state index contributed by atoms with van der Waals surface area (Å²) in [5, 5.41) is 0. The fraction of sp³-hybridized carbons (Fsp3) is 0.556. The van der Waals surface area contributed by atoms with E-state index in [9.17, 15) is 26.3 Å². The predicted octanol–water partition coefficient (Wildman–Crippen LogP) is 3.86. The van der Waals surface area contributed by atoms with E-state index in [2.05, 4.69) is 0 Å². The molecule has 0 aromatic heterocycles. The minimum atomic E-state index is -4.92. The highest BCUT2D eigenvalue weighted by Crippen LogP contribution is 2.52. The Morgan fingerprint density at radius 2 is 1.53 bits per heavy atom. The van der Waals surface area contributed by atoms with Crippen molar-refractivity contribution < 1.29 is 26.3 Å². The van der Waals surface area contributed by atoms with Crippen molar-refractivity contribution in [2.24, 2.45) is 11.3 Å². The Kier molecular flexibility index (Phi) is 2.65. The molecule has 0 nitrogen and oxygen atoms in total. The molecule has 2 unspecified atom stereocenters. The molecular formula is C9H8F6. The van der Waals surface area contributed by atoms with Crippen LogP contribution in [0.4, 0.5) is 26.3 Å². The zero-order valence-electron chi connectivity index (χ0n) is 7.65. The summed E-state index contributed by atoms with van der Waals surface area (Å²) < 4.78 is 74.7. The van der Waals surface area contributed by atoms with E-state index in [4.69, 9.17) is 0 Å². The van der Waals surface area contributed by atoms with Gasteiger partial charge in [0.1, 0.15) is 0 Å². The molecule has 2 atom stereocenters. The first kappa shape index (κ1) is 12.1. The Morgan fingerprint density at radius 3 is 1.87 bits per heavy atom. The van der Waals surface area contributed by atoms with E-state index in [0.29, 0.717) is 19.1 Å². The molecule has 0 heterocycles. The van der Waals surface area contributed by atoms with Gasteiger partial charge in [0, 0.05) is 0 Å². The van der Waals surface area contributed by atoms with Gasteiger partial charge in [0.15, 0.2) is 0 Å². The van der Waals surface area contributed by atoms with Gasteiger partial charge < -0.3 is 0 Å². The summed E-state index contributed by atoms with van der Waals surface area (Å²) >= 11 is 0. The molecule has 1 rings (SSSR count). The van der Waals surface area contributed by atoms with Gasteiger partial charge in [-0.3, -0.25) is 0 Å². The molecule has 0 saturated heterocycles.